The minimum absolute atomic E-state index is 0.0590. The fourth-order valence-electron chi connectivity index (χ4n) is 5.21. The number of carbonyl (C=O) groups excluding carboxylic acids is 2. The smallest absolute Gasteiger partial charge is 0.270 e. The second kappa shape index (κ2) is 9.20. The molecule has 2 saturated carbocycles. The van der Waals surface area contributed by atoms with E-state index in [-0.39, 0.29) is 23.5 Å². The number of phenolic OH excluding ortho intramolecular Hbond substituents is 1. The summed E-state index contributed by atoms with van der Waals surface area (Å²) in [6.45, 7) is 6.27. The number of phenols is 1. The molecule has 2 amide bonds. The van der Waals surface area contributed by atoms with Gasteiger partial charge in [-0.3, -0.25) is 19.4 Å². The summed E-state index contributed by atoms with van der Waals surface area (Å²) in [5.74, 6) is 0.534. The molecule has 2 fully saturated rings. The monoisotopic (exact) mass is 476 g/mol. The summed E-state index contributed by atoms with van der Waals surface area (Å²) in [6, 6.07) is 6.12. The van der Waals surface area contributed by atoms with Crippen molar-refractivity contribution in [1.82, 2.24) is 25.3 Å². The van der Waals surface area contributed by atoms with Gasteiger partial charge in [0, 0.05) is 41.3 Å². The SMILES string of the molecule is CCn1nccc1C(=O)N[C@H](C(=O)Nc1ccc(-c2c(C)n[nH]c2C)c(O)c1)C(C1CC1)C1CC1. The summed E-state index contributed by atoms with van der Waals surface area (Å²) >= 11 is 0. The number of aromatic hydroxyl groups is 1. The minimum Gasteiger partial charge on any atom is -0.507 e. The first-order valence-corrected chi connectivity index (χ1v) is 12.4. The quantitative estimate of drug-likeness (QED) is 0.374. The number of nitrogens with one attached hydrogen (secondary N) is 3. The number of aryl methyl sites for hydroxylation is 3. The number of amides is 2. The van der Waals surface area contributed by atoms with E-state index >= 15 is 0 Å². The van der Waals surface area contributed by atoms with Crippen LogP contribution < -0.4 is 10.6 Å². The highest BCUT2D eigenvalue weighted by Crippen LogP contribution is 2.51. The third-order valence-corrected chi connectivity index (χ3v) is 7.20. The van der Waals surface area contributed by atoms with Crippen LogP contribution in [0.1, 0.15) is 54.5 Å². The first-order valence-electron chi connectivity index (χ1n) is 12.4. The van der Waals surface area contributed by atoms with Crippen molar-refractivity contribution in [3.63, 3.8) is 0 Å². The van der Waals surface area contributed by atoms with Gasteiger partial charge in [-0.1, -0.05) is 0 Å². The Morgan fingerprint density at radius 3 is 2.46 bits per heavy atom. The van der Waals surface area contributed by atoms with Crippen molar-refractivity contribution in [2.75, 3.05) is 5.32 Å². The van der Waals surface area contributed by atoms with Crippen LogP contribution in [-0.2, 0) is 11.3 Å². The lowest BCUT2D eigenvalue weighted by molar-refractivity contribution is -0.119. The van der Waals surface area contributed by atoms with Crippen molar-refractivity contribution in [3.8, 4) is 16.9 Å². The molecule has 0 radical (unpaired) electrons. The molecule has 0 unspecified atom stereocenters. The Hall–Kier alpha value is -3.62. The highest BCUT2D eigenvalue weighted by Gasteiger charge is 2.48. The average molecular weight is 477 g/mol. The molecule has 2 aliphatic rings. The topological polar surface area (TPSA) is 125 Å². The van der Waals surface area contributed by atoms with E-state index in [0.29, 0.717) is 35.3 Å². The number of aromatic nitrogens is 4. The van der Waals surface area contributed by atoms with Crippen LogP contribution in [0, 0.1) is 31.6 Å². The van der Waals surface area contributed by atoms with Crippen LogP contribution in [0.25, 0.3) is 11.1 Å². The summed E-state index contributed by atoms with van der Waals surface area (Å²) in [7, 11) is 0. The van der Waals surface area contributed by atoms with Crippen LogP contribution in [0.4, 0.5) is 5.69 Å². The van der Waals surface area contributed by atoms with Gasteiger partial charge in [-0.2, -0.15) is 10.2 Å². The Balaban J connectivity index is 1.38. The van der Waals surface area contributed by atoms with Gasteiger partial charge >= 0.3 is 0 Å². The molecular formula is C26H32N6O3. The normalized spacial score (nSPS) is 16.3. The second-order valence-corrected chi connectivity index (χ2v) is 9.77. The lowest BCUT2D eigenvalue weighted by Crippen LogP contribution is -2.50. The number of anilines is 1. The maximum Gasteiger partial charge on any atom is 0.270 e. The van der Waals surface area contributed by atoms with Crippen molar-refractivity contribution in [3.05, 3.63) is 47.5 Å². The van der Waals surface area contributed by atoms with Crippen LogP contribution in [0.2, 0.25) is 0 Å². The Morgan fingerprint density at radius 2 is 1.89 bits per heavy atom. The number of carbonyl (C=O) groups is 2. The molecule has 5 rings (SSSR count). The van der Waals surface area contributed by atoms with Gasteiger partial charge in [0.2, 0.25) is 5.91 Å². The van der Waals surface area contributed by atoms with Crippen LogP contribution in [0.3, 0.4) is 0 Å². The number of H-pyrrole nitrogens is 1. The molecule has 35 heavy (non-hydrogen) atoms. The van der Waals surface area contributed by atoms with Gasteiger partial charge < -0.3 is 15.7 Å². The van der Waals surface area contributed by atoms with E-state index in [0.717, 1.165) is 42.6 Å². The number of rotatable bonds is 9. The van der Waals surface area contributed by atoms with Crippen molar-refractivity contribution in [2.24, 2.45) is 17.8 Å². The third kappa shape index (κ3) is 4.67. The fraction of sp³-hybridized carbons (Fsp3) is 0.462. The Bertz CT molecular complexity index is 1220. The summed E-state index contributed by atoms with van der Waals surface area (Å²) in [6.07, 6.45) is 5.96. The standard InChI is InChI=1S/C26H32N6O3/c1-4-32-20(11-12-27-32)25(34)29-24(23(16-5-6-16)17-7-8-17)26(35)28-18-9-10-19(21(33)13-18)22-14(2)30-31-15(22)3/h9-13,16-17,23-24,33H,4-8H2,1-3H3,(H,28,35)(H,29,34)(H,30,31)/t24-/m0/s1. The van der Waals surface area contributed by atoms with Crippen LogP contribution in [0.5, 0.6) is 5.75 Å². The first-order chi connectivity index (χ1) is 16.9. The van der Waals surface area contributed by atoms with Crippen molar-refractivity contribution in [2.45, 2.75) is 59.0 Å². The predicted octanol–water partition coefficient (Wildman–Crippen LogP) is 3.79. The van der Waals surface area contributed by atoms with Gasteiger partial charge in [0.15, 0.2) is 0 Å². The first kappa shape index (κ1) is 23.1. The number of hydrogen-bond donors (Lipinski definition) is 4. The molecule has 9 heteroatoms. The fourth-order valence-corrected chi connectivity index (χ4v) is 5.21. The zero-order valence-electron chi connectivity index (χ0n) is 20.3. The largest absolute Gasteiger partial charge is 0.507 e. The molecule has 0 saturated heterocycles. The van der Waals surface area contributed by atoms with Gasteiger partial charge in [0.05, 0.1) is 5.69 Å². The highest BCUT2D eigenvalue weighted by atomic mass is 16.3. The molecule has 184 valence electrons. The van der Waals surface area contributed by atoms with Gasteiger partial charge in [0.25, 0.3) is 5.91 Å². The molecule has 4 N–H and O–H groups in total. The van der Waals surface area contributed by atoms with Crippen LogP contribution in [-0.4, -0.2) is 42.9 Å². The third-order valence-electron chi connectivity index (χ3n) is 7.20. The number of nitrogens with zero attached hydrogens (tertiary/aromatic N) is 3. The maximum atomic E-state index is 13.6. The molecule has 2 aromatic heterocycles. The lowest BCUT2D eigenvalue weighted by atomic mass is 9.88. The van der Waals surface area contributed by atoms with Gasteiger partial charge in [-0.05, 0) is 82.4 Å². The summed E-state index contributed by atoms with van der Waals surface area (Å²) < 4.78 is 1.63. The summed E-state index contributed by atoms with van der Waals surface area (Å²) in [5, 5.41) is 28.0. The van der Waals surface area contributed by atoms with Crippen molar-refractivity contribution < 1.29 is 14.7 Å². The van der Waals surface area contributed by atoms with Crippen LogP contribution in [0.15, 0.2) is 30.5 Å². The average Bonchev–Trinajstić information content (AvgIpc) is 3.76. The van der Waals surface area contributed by atoms with Crippen molar-refractivity contribution in [1.29, 1.82) is 0 Å². The Labute approximate surface area is 204 Å². The predicted molar refractivity (Wildman–Crippen MR) is 132 cm³/mol. The van der Waals surface area contributed by atoms with E-state index in [1.54, 1.807) is 35.1 Å². The summed E-state index contributed by atoms with van der Waals surface area (Å²) in [4.78, 5) is 26.7. The molecule has 1 aromatic carbocycles. The zero-order chi connectivity index (χ0) is 24.7. The second-order valence-electron chi connectivity index (χ2n) is 9.77. The van der Waals surface area contributed by atoms with E-state index in [1.165, 1.54) is 0 Å². The van der Waals surface area contributed by atoms with E-state index < -0.39 is 6.04 Å². The van der Waals surface area contributed by atoms with Gasteiger partial charge in [-0.15, -0.1) is 0 Å². The van der Waals surface area contributed by atoms with Crippen LogP contribution >= 0.6 is 0 Å². The molecule has 0 bridgehead atoms. The van der Waals surface area contributed by atoms with Gasteiger partial charge in [-0.25, -0.2) is 0 Å². The van der Waals surface area contributed by atoms with Crippen molar-refractivity contribution >= 4 is 17.5 Å². The Kier molecular flexibility index (Phi) is 6.08. The number of hydrogen-bond acceptors (Lipinski definition) is 5. The van der Waals surface area contributed by atoms with Gasteiger partial charge in [0.1, 0.15) is 17.5 Å². The molecule has 2 aliphatic carbocycles. The molecule has 9 nitrogen and oxygen atoms in total. The summed E-state index contributed by atoms with van der Waals surface area (Å²) in [5.41, 5.74) is 4.08. The molecule has 0 spiro atoms. The maximum absolute atomic E-state index is 13.6. The number of benzene rings is 1. The number of aromatic amines is 1. The molecular weight excluding hydrogens is 444 g/mol. The van der Waals surface area contributed by atoms with E-state index in [9.17, 15) is 14.7 Å². The molecule has 0 aliphatic heterocycles. The van der Waals surface area contributed by atoms with E-state index in [2.05, 4.69) is 25.9 Å². The van der Waals surface area contributed by atoms with E-state index in [1.807, 2.05) is 20.8 Å². The van der Waals surface area contributed by atoms with E-state index in [4.69, 9.17) is 0 Å². The molecule has 3 aromatic rings. The zero-order valence-corrected chi connectivity index (χ0v) is 20.3. The Morgan fingerprint density at radius 1 is 1.17 bits per heavy atom. The highest BCUT2D eigenvalue weighted by molar-refractivity contribution is 6.01. The minimum atomic E-state index is -0.650. The lowest BCUT2D eigenvalue weighted by Gasteiger charge is -2.27. The molecule has 1 atom stereocenters. The molecule has 2 heterocycles.